The monoisotopic (exact) mass is 521 g/mol. The van der Waals surface area contributed by atoms with Crippen molar-refractivity contribution in [3.63, 3.8) is 0 Å². The second-order valence-electron chi connectivity index (χ2n) is 10.5. The number of aliphatic hydroxyl groups excluding tert-OH is 1. The number of nitrogens with zero attached hydrogens (tertiary/aromatic N) is 2. The summed E-state index contributed by atoms with van der Waals surface area (Å²) in [5, 5.41) is 12.7. The average Bonchev–Trinajstić information content (AvgIpc) is 3.29. The van der Waals surface area contributed by atoms with Crippen LogP contribution in [0.25, 0.3) is 0 Å². The number of fused-ring (bicyclic) bond motifs is 1. The van der Waals surface area contributed by atoms with E-state index in [-0.39, 0.29) is 36.6 Å². The zero-order valence-corrected chi connectivity index (χ0v) is 23.1. The Labute approximate surface area is 223 Å². The summed E-state index contributed by atoms with van der Waals surface area (Å²) in [6, 6.07) is 0. The molecule has 5 N–H and O–H groups in total. The SMILES string of the molecule is CCCCCCCCCCCCCCCCCC(=O)OCC(CO)CCN1CNc2c1nc(N)[nH]c2=O. The molecule has 0 radical (unpaired) electrons. The number of ether oxygens (including phenoxy) is 1. The van der Waals surface area contributed by atoms with Gasteiger partial charge in [-0.1, -0.05) is 96.8 Å². The van der Waals surface area contributed by atoms with E-state index >= 15 is 0 Å². The number of rotatable bonds is 22. The number of H-pyrrole nitrogens is 1. The first-order chi connectivity index (χ1) is 18.0. The second-order valence-corrected chi connectivity index (χ2v) is 10.5. The molecule has 0 amide bonds. The number of aliphatic hydroxyl groups is 1. The number of aromatic amines is 1. The molecule has 1 unspecified atom stereocenters. The number of unbranched alkanes of at least 4 members (excludes halogenated alkanes) is 14. The molecule has 1 aliphatic heterocycles. The number of aromatic nitrogens is 2. The van der Waals surface area contributed by atoms with Gasteiger partial charge in [-0.05, 0) is 12.8 Å². The van der Waals surface area contributed by atoms with E-state index in [9.17, 15) is 14.7 Å². The number of anilines is 3. The minimum atomic E-state index is -0.295. The molecule has 0 fully saturated rings. The lowest BCUT2D eigenvalue weighted by atomic mass is 10.0. The number of carbonyl (C=O) groups is 1. The van der Waals surface area contributed by atoms with E-state index in [4.69, 9.17) is 10.5 Å². The molecular weight excluding hydrogens is 470 g/mol. The van der Waals surface area contributed by atoms with Crippen LogP contribution in [0, 0.1) is 5.92 Å². The van der Waals surface area contributed by atoms with Gasteiger partial charge in [0.15, 0.2) is 5.82 Å². The predicted molar refractivity (Wildman–Crippen MR) is 151 cm³/mol. The van der Waals surface area contributed by atoms with Gasteiger partial charge in [0.25, 0.3) is 5.56 Å². The molecule has 0 saturated heterocycles. The summed E-state index contributed by atoms with van der Waals surface area (Å²) in [5.41, 5.74) is 5.77. The topological polar surface area (TPSA) is 134 Å². The number of hydrogen-bond acceptors (Lipinski definition) is 8. The molecule has 212 valence electrons. The quantitative estimate of drug-likeness (QED) is 0.119. The van der Waals surface area contributed by atoms with Gasteiger partial charge in [-0.3, -0.25) is 14.6 Å². The van der Waals surface area contributed by atoms with E-state index in [1.165, 1.54) is 83.5 Å². The summed E-state index contributed by atoms with van der Waals surface area (Å²) in [4.78, 5) is 32.6. The lowest BCUT2D eigenvalue weighted by Gasteiger charge is -2.20. The third-order valence-corrected chi connectivity index (χ3v) is 7.19. The molecule has 1 aromatic heterocycles. The normalized spacial score (nSPS) is 13.4. The molecule has 37 heavy (non-hydrogen) atoms. The first-order valence-electron chi connectivity index (χ1n) is 14.7. The zero-order chi connectivity index (χ0) is 26.7. The highest BCUT2D eigenvalue weighted by atomic mass is 16.5. The maximum atomic E-state index is 12.1. The van der Waals surface area contributed by atoms with Crippen LogP contribution in [0.1, 0.15) is 116 Å². The van der Waals surface area contributed by atoms with Crippen LogP contribution < -0.4 is 21.5 Å². The Balaban J connectivity index is 1.43. The Kier molecular flexibility index (Phi) is 15.8. The summed E-state index contributed by atoms with van der Waals surface area (Å²) in [7, 11) is 0. The van der Waals surface area contributed by atoms with Crippen LogP contribution in [0.3, 0.4) is 0 Å². The van der Waals surface area contributed by atoms with Crippen molar-refractivity contribution in [3.05, 3.63) is 10.4 Å². The van der Waals surface area contributed by atoms with Gasteiger partial charge < -0.3 is 25.8 Å². The van der Waals surface area contributed by atoms with Gasteiger partial charge >= 0.3 is 5.97 Å². The molecule has 9 heteroatoms. The first-order valence-corrected chi connectivity index (χ1v) is 14.7. The molecule has 1 atom stereocenters. The van der Waals surface area contributed by atoms with Crippen molar-refractivity contribution in [3.8, 4) is 0 Å². The molecule has 0 aliphatic carbocycles. The third-order valence-electron chi connectivity index (χ3n) is 7.19. The fourth-order valence-corrected chi connectivity index (χ4v) is 4.79. The molecule has 9 nitrogen and oxygen atoms in total. The summed E-state index contributed by atoms with van der Waals surface area (Å²) < 4.78 is 5.41. The molecule has 2 heterocycles. The number of nitrogens with two attached hydrogens (primary N) is 1. The van der Waals surface area contributed by atoms with E-state index in [0.717, 1.165) is 12.8 Å². The van der Waals surface area contributed by atoms with Gasteiger partial charge in [0.2, 0.25) is 5.95 Å². The smallest absolute Gasteiger partial charge is 0.305 e. The number of carbonyl (C=O) groups excluding carboxylic acids is 1. The zero-order valence-electron chi connectivity index (χ0n) is 23.1. The highest BCUT2D eigenvalue weighted by Gasteiger charge is 2.24. The van der Waals surface area contributed by atoms with Crippen molar-refractivity contribution >= 4 is 23.4 Å². The van der Waals surface area contributed by atoms with Gasteiger partial charge in [-0.2, -0.15) is 4.98 Å². The van der Waals surface area contributed by atoms with E-state index in [2.05, 4.69) is 22.2 Å². The molecule has 0 aromatic carbocycles. The molecule has 0 spiro atoms. The molecule has 1 aromatic rings. The molecular formula is C28H51N5O4. The minimum absolute atomic E-state index is 0.0642. The second kappa shape index (κ2) is 18.9. The minimum Gasteiger partial charge on any atom is -0.465 e. The van der Waals surface area contributed by atoms with Crippen LogP contribution >= 0.6 is 0 Å². The highest BCUT2D eigenvalue weighted by Crippen LogP contribution is 2.26. The van der Waals surface area contributed by atoms with Crippen LogP contribution in [0.15, 0.2) is 4.79 Å². The first kappa shape index (κ1) is 30.9. The lowest BCUT2D eigenvalue weighted by molar-refractivity contribution is -0.145. The Hall–Kier alpha value is -2.29. The van der Waals surface area contributed by atoms with Crippen molar-refractivity contribution in [1.29, 1.82) is 0 Å². The fourth-order valence-electron chi connectivity index (χ4n) is 4.79. The largest absolute Gasteiger partial charge is 0.465 e. The van der Waals surface area contributed by atoms with Gasteiger partial charge in [-0.15, -0.1) is 0 Å². The van der Waals surface area contributed by atoms with Crippen LogP contribution in [0.4, 0.5) is 17.5 Å². The summed E-state index contributed by atoms with van der Waals surface area (Å²) >= 11 is 0. The molecule has 0 saturated carbocycles. The Morgan fingerprint density at radius 2 is 1.57 bits per heavy atom. The van der Waals surface area contributed by atoms with Crippen molar-refractivity contribution in [2.75, 3.05) is 42.4 Å². The summed E-state index contributed by atoms with van der Waals surface area (Å²) in [6.45, 7) is 3.42. The van der Waals surface area contributed by atoms with Crippen LogP contribution in [-0.2, 0) is 9.53 Å². The maximum Gasteiger partial charge on any atom is 0.305 e. The Morgan fingerprint density at radius 1 is 1.00 bits per heavy atom. The highest BCUT2D eigenvalue weighted by molar-refractivity contribution is 5.70. The van der Waals surface area contributed by atoms with E-state index in [0.29, 0.717) is 37.6 Å². The summed E-state index contributed by atoms with van der Waals surface area (Å²) in [6.07, 6.45) is 20.5. The van der Waals surface area contributed by atoms with Crippen LogP contribution in [0.5, 0.6) is 0 Å². The third kappa shape index (κ3) is 12.7. The van der Waals surface area contributed by atoms with E-state index in [1.807, 2.05) is 4.90 Å². The number of hydrogen-bond donors (Lipinski definition) is 4. The molecule has 0 bridgehead atoms. The van der Waals surface area contributed by atoms with Crippen molar-refractivity contribution in [2.24, 2.45) is 5.92 Å². The van der Waals surface area contributed by atoms with Gasteiger partial charge in [-0.25, -0.2) is 0 Å². The van der Waals surface area contributed by atoms with E-state index < -0.39 is 0 Å². The number of esters is 1. The van der Waals surface area contributed by atoms with Crippen molar-refractivity contribution < 1.29 is 14.6 Å². The average molecular weight is 522 g/mol. The molecule has 1 aliphatic rings. The maximum absolute atomic E-state index is 12.1. The standard InChI is InChI=1S/C28H51N5O4/c1-2-3-4-5-6-7-8-9-10-11-12-13-14-15-16-17-24(35)37-21-23(20-34)18-19-33-22-30-25-26(33)31-28(29)32-27(25)36/h23,30,34H,2-22H2,1H3,(H3,29,31,32,36). The van der Waals surface area contributed by atoms with Gasteiger partial charge in [0.1, 0.15) is 5.69 Å². The van der Waals surface area contributed by atoms with Gasteiger partial charge in [0.05, 0.1) is 13.3 Å². The van der Waals surface area contributed by atoms with Crippen LogP contribution in [0.2, 0.25) is 0 Å². The molecule has 2 rings (SSSR count). The summed E-state index contributed by atoms with van der Waals surface area (Å²) in [5.74, 6) is 0.239. The predicted octanol–water partition coefficient (Wildman–Crippen LogP) is 5.34. The number of nitrogens with one attached hydrogen (secondary N) is 2. The van der Waals surface area contributed by atoms with Crippen LogP contribution in [-0.4, -0.2) is 47.5 Å². The Morgan fingerprint density at radius 3 is 2.14 bits per heavy atom. The fraction of sp³-hybridized carbons (Fsp3) is 0.821. The van der Waals surface area contributed by atoms with Crippen molar-refractivity contribution in [2.45, 2.75) is 116 Å². The Bertz CT molecular complexity index is 816. The van der Waals surface area contributed by atoms with E-state index in [1.54, 1.807) is 0 Å². The van der Waals surface area contributed by atoms with Crippen molar-refractivity contribution in [1.82, 2.24) is 9.97 Å². The lowest BCUT2D eigenvalue weighted by Crippen LogP contribution is -2.28. The van der Waals surface area contributed by atoms with Gasteiger partial charge in [0, 0.05) is 25.5 Å². The number of nitrogen functional groups attached to an aromatic ring is 1.